The van der Waals surface area contributed by atoms with Crippen LogP contribution in [0.5, 0.6) is 0 Å². The molecule has 0 nitrogen and oxygen atoms in total. The van der Waals surface area contributed by atoms with Gasteiger partial charge >= 0.3 is 6.18 Å². The lowest BCUT2D eigenvalue weighted by Gasteiger charge is -2.14. The van der Waals surface area contributed by atoms with Gasteiger partial charge in [-0.15, -0.1) is 11.8 Å². The summed E-state index contributed by atoms with van der Waals surface area (Å²) in [6, 6.07) is 4.90. The lowest BCUT2D eigenvalue weighted by atomic mass is 10.0. The number of unbranched alkanes of at least 4 members (excludes halogenated alkanes) is 7. The summed E-state index contributed by atoms with van der Waals surface area (Å²) >= 11 is 1.35. The summed E-state index contributed by atoms with van der Waals surface area (Å²) in [4.78, 5) is 0.385. The number of halogens is 3. The Bertz CT molecular complexity index is 455. The second-order valence-corrected chi connectivity index (χ2v) is 7.54. The van der Waals surface area contributed by atoms with Crippen molar-refractivity contribution >= 4 is 11.8 Å². The highest BCUT2D eigenvalue weighted by atomic mass is 32.2. The van der Waals surface area contributed by atoms with E-state index in [0.29, 0.717) is 4.90 Å². The molecule has 0 aromatic heterocycles. The van der Waals surface area contributed by atoms with Crippen LogP contribution in [-0.2, 0) is 12.6 Å². The van der Waals surface area contributed by atoms with E-state index in [1.165, 1.54) is 43.5 Å². The molecule has 1 aromatic carbocycles. The van der Waals surface area contributed by atoms with Crippen molar-refractivity contribution in [3.63, 3.8) is 0 Å². The molecule has 0 heterocycles. The van der Waals surface area contributed by atoms with Crippen LogP contribution in [0.15, 0.2) is 23.1 Å². The van der Waals surface area contributed by atoms with E-state index in [-0.39, 0.29) is 0 Å². The topological polar surface area (TPSA) is 0 Å². The first-order valence-electron chi connectivity index (χ1n) is 9.32. The smallest absolute Gasteiger partial charge is 0.166 e. The summed E-state index contributed by atoms with van der Waals surface area (Å²) in [5.74, 6) is 0.768. The Morgan fingerprint density at radius 2 is 1.46 bits per heavy atom. The average Bonchev–Trinajstić information content (AvgIpc) is 2.54. The van der Waals surface area contributed by atoms with E-state index in [2.05, 4.69) is 13.8 Å². The fourth-order valence-electron chi connectivity index (χ4n) is 2.72. The van der Waals surface area contributed by atoms with Gasteiger partial charge in [0.25, 0.3) is 0 Å². The van der Waals surface area contributed by atoms with Crippen LogP contribution in [0.1, 0.15) is 82.8 Å². The van der Waals surface area contributed by atoms with Gasteiger partial charge in [-0.25, -0.2) is 0 Å². The molecule has 0 radical (unpaired) electrons. The third-order valence-corrected chi connectivity index (χ3v) is 5.33. The monoisotopic (exact) mass is 360 g/mol. The molecular formula is C20H31F3S. The van der Waals surface area contributed by atoms with Gasteiger partial charge in [-0.3, -0.25) is 0 Å². The highest BCUT2D eigenvalue weighted by molar-refractivity contribution is 7.99. The lowest BCUT2D eigenvalue weighted by molar-refractivity contribution is -0.139. The first-order valence-corrected chi connectivity index (χ1v) is 10.3. The highest BCUT2D eigenvalue weighted by Crippen LogP contribution is 2.38. The van der Waals surface area contributed by atoms with E-state index in [1.807, 2.05) is 6.07 Å². The van der Waals surface area contributed by atoms with Crippen LogP contribution >= 0.6 is 11.8 Å². The maximum atomic E-state index is 13.3. The van der Waals surface area contributed by atoms with E-state index in [0.717, 1.165) is 49.8 Å². The molecule has 0 aliphatic rings. The van der Waals surface area contributed by atoms with Crippen LogP contribution in [0.3, 0.4) is 0 Å². The Hall–Kier alpha value is -0.640. The molecule has 0 aliphatic heterocycles. The summed E-state index contributed by atoms with van der Waals surface area (Å²) in [5.41, 5.74) is 0.354. The van der Waals surface area contributed by atoms with Crippen LogP contribution in [0, 0.1) is 0 Å². The first kappa shape index (κ1) is 21.4. The Labute approximate surface area is 149 Å². The fourth-order valence-corrected chi connectivity index (χ4v) is 3.79. The molecule has 1 rings (SSSR count). The zero-order valence-corrected chi connectivity index (χ0v) is 15.9. The lowest BCUT2D eigenvalue weighted by Crippen LogP contribution is -2.08. The third kappa shape index (κ3) is 8.46. The molecule has 0 atom stereocenters. The Morgan fingerprint density at radius 3 is 2.12 bits per heavy atom. The molecule has 4 heteroatoms. The minimum absolute atomic E-state index is 0.385. The number of alkyl halides is 3. The maximum Gasteiger partial charge on any atom is 0.417 e. The van der Waals surface area contributed by atoms with E-state index < -0.39 is 11.7 Å². The van der Waals surface area contributed by atoms with Gasteiger partial charge < -0.3 is 0 Å². The molecule has 0 N–H and O–H groups in total. The predicted molar refractivity (Wildman–Crippen MR) is 98.8 cm³/mol. The van der Waals surface area contributed by atoms with Gasteiger partial charge in [0, 0.05) is 4.90 Å². The van der Waals surface area contributed by atoms with Gasteiger partial charge in [0.05, 0.1) is 5.56 Å². The number of aryl methyl sites for hydroxylation is 1. The maximum absolute atomic E-state index is 13.3. The van der Waals surface area contributed by atoms with Crippen molar-refractivity contribution in [3.8, 4) is 0 Å². The van der Waals surface area contributed by atoms with Gasteiger partial charge in [0.2, 0.25) is 0 Å². The largest absolute Gasteiger partial charge is 0.417 e. The molecule has 0 aliphatic carbocycles. The first-order chi connectivity index (χ1) is 11.5. The molecule has 24 heavy (non-hydrogen) atoms. The van der Waals surface area contributed by atoms with Gasteiger partial charge in [0.15, 0.2) is 0 Å². The molecule has 0 bridgehead atoms. The van der Waals surface area contributed by atoms with Crippen molar-refractivity contribution in [2.24, 2.45) is 0 Å². The van der Waals surface area contributed by atoms with Crippen molar-refractivity contribution in [2.45, 2.75) is 89.1 Å². The van der Waals surface area contributed by atoms with E-state index in [1.54, 1.807) is 6.07 Å². The molecule has 0 saturated heterocycles. The van der Waals surface area contributed by atoms with E-state index in [4.69, 9.17) is 0 Å². The molecule has 0 unspecified atom stereocenters. The number of thioether (sulfide) groups is 1. The van der Waals surface area contributed by atoms with Gasteiger partial charge in [-0.1, -0.05) is 64.9 Å². The molecule has 138 valence electrons. The minimum Gasteiger partial charge on any atom is -0.166 e. The number of rotatable bonds is 12. The Morgan fingerprint density at radius 1 is 0.833 bits per heavy atom. The SMILES string of the molecule is CCCCCCCCSc1ccc(CCCCC)cc1C(F)(F)F. The van der Waals surface area contributed by atoms with Crippen molar-refractivity contribution < 1.29 is 13.2 Å². The quantitative estimate of drug-likeness (QED) is 0.270. The fraction of sp³-hybridized carbons (Fsp3) is 0.700. The highest BCUT2D eigenvalue weighted by Gasteiger charge is 2.33. The van der Waals surface area contributed by atoms with Crippen LogP contribution in [0.25, 0.3) is 0 Å². The molecule has 0 saturated carbocycles. The summed E-state index contributed by atoms with van der Waals surface area (Å²) in [5, 5.41) is 0. The van der Waals surface area contributed by atoms with Gasteiger partial charge in [-0.2, -0.15) is 13.2 Å². The predicted octanol–water partition coefficient (Wildman–Crippen LogP) is 7.89. The summed E-state index contributed by atoms with van der Waals surface area (Å²) < 4.78 is 40.0. The number of hydrogen-bond acceptors (Lipinski definition) is 1. The summed E-state index contributed by atoms with van der Waals surface area (Å²) in [7, 11) is 0. The zero-order chi connectivity index (χ0) is 17.8. The summed E-state index contributed by atoms with van der Waals surface area (Å²) in [6.07, 6.45) is 6.58. The molecule has 1 aromatic rings. The minimum atomic E-state index is -4.26. The van der Waals surface area contributed by atoms with Crippen LogP contribution in [-0.4, -0.2) is 5.75 Å². The second-order valence-electron chi connectivity index (χ2n) is 6.40. The normalized spacial score (nSPS) is 11.9. The van der Waals surface area contributed by atoms with E-state index in [9.17, 15) is 13.2 Å². The van der Waals surface area contributed by atoms with Crippen molar-refractivity contribution in [2.75, 3.05) is 5.75 Å². The Kier molecular flexibility index (Phi) is 10.6. The summed E-state index contributed by atoms with van der Waals surface area (Å²) in [6.45, 7) is 4.28. The molecule has 0 amide bonds. The van der Waals surface area contributed by atoms with Crippen LogP contribution in [0.2, 0.25) is 0 Å². The third-order valence-electron chi connectivity index (χ3n) is 4.17. The van der Waals surface area contributed by atoms with Crippen LogP contribution < -0.4 is 0 Å². The Balaban J connectivity index is 2.55. The second kappa shape index (κ2) is 11.8. The van der Waals surface area contributed by atoms with Crippen molar-refractivity contribution in [1.29, 1.82) is 0 Å². The average molecular weight is 361 g/mol. The van der Waals surface area contributed by atoms with E-state index >= 15 is 0 Å². The molecule has 0 spiro atoms. The van der Waals surface area contributed by atoms with Gasteiger partial charge in [0.1, 0.15) is 0 Å². The molecular weight excluding hydrogens is 329 g/mol. The standard InChI is InChI=1S/C20H31F3S/c1-3-5-7-8-9-11-15-24-19-14-13-17(12-10-6-4-2)16-18(19)20(21,22)23/h13-14,16H,3-12,15H2,1-2H3. The van der Waals surface area contributed by atoms with Gasteiger partial charge in [-0.05, 0) is 42.7 Å². The number of hydrogen-bond donors (Lipinski definition) is 0. The number of benzene rings is 1. The van der Waals surface area contributed by atoms with Crippen molar-refractivity contribution in [1.82, 2.24) is 0 Å². The molecule has 0 fully saturated rings. The van der Waals surface area contributed by atoms with Crippen molar-refractivity contribution in [3.05, 3.63) is 29.3 Å². The van der Waals surface area contributed by atoms with Crippen LogP contribution in [0.4, 0.5) is 13.2 Å². The zero-order valence-electron chi connectivity index (χ0n) is 15.1.